The number of nitro groups is 1. The van der Waals surface area contributed by atoms with Crippen LogP contribution in [0.25, 0.3) is 0 Å². The zero-order valence-electron chi connectivity index (χ0n) is 14.6. The van der Waals surface area contributed by atoms with Gasteiger partial charge >= 0.3 is 12.1 Å². The lowest BCUT2D eigenvalue weighted by Gasteiger charge is -2.18. The zero-order chi connectivity index (χ0) is 20.0. The summed E-state index contributed by atoms with van der Waals surface area (Å²) in [5.74, 6) is -2.47. The van der Waals surface area contributed by atoms with Gasteiger partial charge in [0, 0.05) is 12.6 Å². The molecule has 1 spiro atoms. The molecule has 2 amide bonds. The maximum Gasteiger partial charge on any atom is 0.471 e. The first-order valence-corrected chi connectivity index (χ1v) is 8.65. The molecular weight excluding hydrogens is 367 g/mol. The van der Waals surface area contributed by atoms with Gasteiger partial charge < -0.3 is 10.2 Å². The van der Waals surface area contributed by atoms with E-state index in [4.69, 9.17) is 0 Å². The summed E-state index contributed by atoms with van der Waals surface area (Å²) in [5, 5.41) is 12.9. The molecular formula is C17H18F3N3O4. The Bertz CT molecular complexity index is 818. The van der Waals surface area contributed by atoms with E-state index in [0.717, 1.165) is 31.4 Å². The van der Waals surface area contributed by atoms with Crippen molar-refractivity contribution >= 4 is 28.9 Å². The van der Waals surface area contributed by atoms with Gasteiger partial charge in [0.15, 0.2) is 0 Å². The third-order valence-electron chi connectivity index (χ3n) is 5.01. The number of anilines is 2. The highest BCUT2D eigenvalue weighted by atomic mass is 19.4. The summed E-state index contributed by atoms with van der Waals surface area (Å²) < 4.78 is 37.7. The Kier molecular flexibility index (Phi) is 4.61. The Balaban J connectivity index is 2.03. The molecule has 27 heavy (non-hydrogen) atoms. The topological polar surface area (TPSA) is 92.6 Å². The normalized spacial score (nSPS) is 17.2. The highest BCUT2D eigenvalue weighted by Crippen LogP contribution is 2.59. The number of halogens is 3. The fourth-order valence-corrected chi connectivity index (χ4v) is 3.46. The van der Waals surface area contributed by atoms with Gasteiger partial charge in [0.2, 0.25) is 5.91 Å². The van der Waals surface area contributed by atoms with Gasteiger partial charge in [0.1, 0.15) is 5.69 Å². The van der Waals surface area contributed by atoms with Crippen LogP contribution in [-0.2, 0) is 15.0 Å². The third-order valence-corrected chi connectivity index (χ3v) is 5.01. The molecule has 146 valence electrons. The Morgan fingerprint density at radius 3 is 2.52 bits per heavy atom. The lowest BCUT2D eigenvalue weighted by Crippen LogP contribution is -2.32. The van der Waals surface area contributed by atoms with E-state index in [-0.39, 0.29) is 5.91 Å². The maximum absolute atomic E-state index is 12.8. The van der Waals surface area contributed by atoms with E-state index < -0.39 is 33.8 Å². The number of carbonyl (C=O) groups is 2. The summed E-state index contributed by atoms with van der Waals surface area (Å²) in [6.07, 6.45) is -1.57. The highest BCUT2D eigenvalue weighted by molar-refractivity contribution is 6.11. The second-order valence-corrected chi connectivity index (χ2v) is 6.84. The molecule has 0 aromatic heterocycles. The molecule has 1 N–H and O–H groups in total. The fourth-order valence-electron chi connectivity index (χ4n) is 3.46. The summed E-state index contributed by atoms with van der Waals surface area (Å²) in [4.78, 5) is 36.0. The van der Waals surface area contributed by atoms with Crippen LogP contribution in [0.1, 0.15) is 44.6 Å². The fraction of sp³-hybridized carbons (Fsp3) is 0.529. The number of hydrogen-bond donors (Lipinski definition) is 1. The van der Waals surface area contributed by atoms with Crippen molar-refractivity contribution in [3.05, 3.63) is 27.8 Å². The summed E-state index contributed by atoms with van der Waals surface area (Å²) in [6, 6.07) is 2.25. The van der Waals surface area contributed by atoms with E-state index in [1.165, 1.54) is 4.90 Å². The minimum atomic E-state index is -5.17. The number of nitrogens with zero attached hydrogens (tertiary/aromatic N) is 2. The van der Waals surface area contributed by atoms with Gasteiger partial charge in [-0.2, -0.15) is 13.2 Å². The van der Waals surface area contributed by atoms with Gasteiger partial charge in [-0.1, -0.05) is 19.8 Å². The molecule has 1 aromatic rings. The van der Waals surface area contributed by atoms with Crippen LogP contribution in [0.3, 0.4) is 0 Å². The summed E-state index contributed by atoms with van der Waals surface area (Å²) in [6.45, 7) is 2.40. The standard InChI is InChI=1S/C17H18F3N3O4/c1-2-3-4-7-22-12-9-13(23(26)27)11(21-14(24)17(18,19)20)8-10(12)16(5-6-16)15(22)25/h8-9H,2-7H2,1H3,(H,21,24). The van der Waals surface area contributed by atoms with Crippen molar-refractivity contribution in [2.24, 2.45) is 0 Å². The number of nitro benzene ring substituents is 1. The molecule has 1 aliphatic heterocycles. The van der Waals surface area contributed by atoms with E-state index in [1.807, 2.05) is 6.92 Å². The molecule has 1 heterocycles. The predicted molar refractivity (Wildman–Crippen MR) is 90.6 cm³/mol. The maximum atomic E-state index is 12.8. The first kappa shape index (κ1) is 19.1. The first-order valence-electron chi connectivity index (χ1n) is 8.65. The molecule has 1 aliphatic carbocycles. The van der Waals surface area contributed by atoms with Crippen molar-refractivity contribution in [3.8, 4) is 0 Å². The van der Waals surface area contributed by atoms with Crippen molar-refractivity contribution in [2.45, 2.75) is 50.6 Å². The quantitative estimate of drug-likeness (QED) is 0.459. The molecule has 0 saturated heterocycles. The van der Waals surface area contributed by atoms with Gasteiger partial charge in [0.25, 0.3) is 5.69 Å². The van der Waals surface area contributed by atoms with E-state index in [9.17, 15) is 32.9 Å². The molecule has 3 rings (SSSR count). The molecule has 1 aromatic carbocycles. The third kappa shape index (κ3) is 3.24. The van der Waals surface area contributed by atoms with Crippen molar-refractivity contribution in [1.29, 1.82) is 0 Å². The molecule has 0 unspecified atom stereocenters. The second-order valence-electron chi connectivity index (χ2n) is 6.84. The van der Waals surface area contributed by atoms with Gasteiger partial charge in [-0.3, -0.25) is 19.7 Å². The minimum Gasteiger partial charge on any atom is -0.312 e. The second kappa shape index (κ2) is 6.50. The molecule has 10 heteroatoms. The Hall–Kier alpha value is -2.65. The van der Waals surface area contributed by atoms with Crippen LogP contribution < -0.4 is 10.2 Å². The van der Waals surface area contributed by atoms with Crippen LogP contribution >= 0.6 is 0 Å². The van der Waals surface area contributed by atoms with E-state index in [2.05, 4.69) is 0 Å². The Morgan fingerprint density at radius 1 is 1.33 bits per heavy atom. The highest BCUT2D eigenvalue weighted by Gasteiger charge is 2.59. The molecule has 7 nitrogen and oxygen atoms in total. The predicted octanol–water partition coefficient (Wildman–Crippen LogP) is 3.66. The van der Waals surface area contributed by atoms with Gasteiger partial charge in [-0.05, 0) is 30.9 Å². The lowest BCUT2D eigenvalue weighted by molar-refractivity contribution is -0.383. The smallest absolute Gasteiger partial charge is 0.312 e. The largest absolute Gasteiger partial charge is 0.471 e. The van der Waals surface area contributed by atoms with Crippen molar-refractivity contribution in [3.63, 3.8) is 0 Å². The number of alkyl halides is 3. The van der Waals surface area contributed by atoms with E-state index in [1.54, 1.807) is 5.32 Å². The SMILES string of the molecule is CCCCCN1C(=O)C2(CC2)c2cc(NC(=O)C(F)(F)F)c([N+](=O)[O-])cc21. The summed E-state index contributed by atoms with van der Waals surface area (Å²) >= 11 is 0. The van der Waals surface area contributed by atoms with E-state index in [0.29, 0.717) is 30.6 Å². The number of hydrogen-bond acceptors (Lipinski definition) is 4. The Labute approximate surface area is 152 Å². The monoisotopic (exact) mass is 385 g/mol. The van der Waals surface area contributed by atoms with Crippen molar-refractivity contribution in [2.75, 3.05) is 16.8 Å². The number of rotatable bonds is 6. The van der Waals surface area contributed by atoms with Gasteiger partial charge in [-0.25, -0.2) is 0 Å². The first-order chi connectivity index (χ1) is 12.6. The van der Waals surface area contributed by atoms with Crippen LogP contribution in [0.2, 0.25) is 0 Å². The molecule has 0 bridgehead atoms. The van der Waals surface area contributed by atoms with Gasteiger partial charge in [0.05, 0.1) is 16.0 Å². The number of nitrogens with one attached hydrogen (secondary N) is 1. The van der Waals surface area contributed by atoms with Crippen molar-refractivity contribution < 1.29 is 27.7 Å². The zero-order valence-corrected chi connectivity index (χ0v) is 14.6. The molecule has 0 radical (unpaired) electrons. The summed E-state index contributed by atoms with van der Waals surface area (Å²) in [7, 11) is 0. The lowest BCUT2D eigenvalue weighted by atomic mass is 9.96. The van der Waals surface area contributed by atoms with Crippen LogP contribution in [0.4, 0.5) is 30.2 Å². The Morgan fingerprint density at radius 2 is 2.00 bits per heavy atom. The average molecular weight is 385 g/mol. The molecule has 0 atom stereocenters. The number of fused-ring (bicyclic) bond motifs is 2. The van der Waals surface area contributed by atoms with E-state index >= 15 is 0 Å². The molecule has 2 aliphatic rings. The van der Waals surface area contributed by atoms with Crippen LogP contribution in [-0.4, -0.2) is 29.5 Å². The molecule has 1 saturated carbocycles. The van der Waals surface area contributed by atoms with Crippen LogP contribution in [0, 0.1) is 10.1 Å². The number of benzene rings is 1. The molecule has 1 fully saturated rings. The van der Waals surface area contributed by atoms with Crippen LogP contribution in [0.5, 0.6) is 0 Å². The van der Waals surface area contributed by atoms with Crippen molar-refractivity contribution in [1.82, 2.24) is 0 Å². The van der Waals surface area contributed by atoms with Crippen LogP contribution in [0.15, 0.2) is 12.1 Å². The average Bonchev–Trinajstić information content (AvgIpc) is 3.35. The minimum absolute atomic E-state index is 0.179. The number of carbonyl (C=O) groups excluding carboxylic acids is 2. The number of amides is 2. The summed E-state index contributed by atoms with van der Waals surface area (Å²) in [5.41, 5.74) is -1.24. The van der Waals surface area contributed by atoms with Gasteiger partial charge in [-0.15, -0.1) is 0 Å². The number of unbranched alkanes of at least 4 members (excludes halogenated alkanes) is 2.